The zero-order chi connectivity index (χ0) is 21.3. The Morgan fingerprint density at radius 2 is 2.07 bits per heavy atom. The molecule has 1 aromatic heterocycles. The molecule has 2 aromatic rings. The lowest BCUT2D eigenvalue weighted by atomic mass is 9.62. The van der Waals surface area contributed by atoms with Crippen LogP contribution in [0, 0.1) is 23.2 Å². The Morgan fingerprint density at radius 3 is 2.83 bits per heavy atom. The van der Waals surface area contributed by atoms with E-state index >= 15 is 0 Å². The van der Waals surface area contributed by atoms with Crippen LogP contribution in [0.4, 0.5) is 0 Å². The number of ketones is 1. The van der Waals surface area contributed by atoms with Crippen molar-refractivity contribution in [1.82, 2.24) is 0 Å². The number of Topliss-reactive ketones (excluding diaryl/α,β-unsaturated/α-hetero) is 1. The van der Waals surface area contributed by atoms with Gasteiger partial charge in [-0.2, -0.15) is 0 Å². The van der Waals surface area contributed by atoms with Gasteiger partial charge in [-0.3, -0.25) is 9.59 Å². The largest absolute Gasteiger partial charge is 0.457 e. The van der Waals surface area contributed by atoms with E-state index in [9.17, 15) is 9.59 Å². The summed E-state index contributed by atoms with van der Waals surface area (Å²) < 4.78 is 6.96. The third-order valence-corrected chi connectivity index (χ3v) is 9.03. The van der Waals surface area contributed by atoms with Crippen molar-refractivity contribution >= 4 is 33.2 Å². The minimum absolute atomic E-state index is 0.157. The zero-order valence-electron chi connectivity index (χ0n) is 18.5. The fourth-order valence-corrected chi connectivity index (χ4v) is 7.48. The first-order valence-electron chi connectivity index (χ1n) is 11.6. The minimum atomic E-state index is -0.211. The first kappa shape index (κ1) is 21.5. The van der Waals surface area contributed by atoms with Gasteiger partial charge in [0.05, 0.1) is 0 Å². The molecule has 3 nitrogen and oxygen atoms in total. The van der Waals surface area contributed by atoms with Crippen LogP contribution in [0.5, 0.6) is 0 Å². The lowest BCUT2D eigenvalue weighted by Gasteiger charge is -2.42. The molecule has 2 aliphatic rings. The Bertz CT molecular complexity index is 883. The first-order valence-corrected chi connectivity index (χ1v) is 12.4. The average molecular weight is 427 g/mol. The quantitative estimate of drug-likeness (QED) is 0.444. The maximum atomic E-state index is 12.4. The second kappa shape index (κ2) is 8.82. The van der Waals surface area contributed by atoms with Crippen LogP contribution >= 0.6 is 11.3 Å². The molecule has 0 N–H and O–H groups in total. The van der Waals surface area contributed by atoms with E-state index in [1.165, 1.54) is 29.9 Å². The van der Waals surface area contributed by atoms with E-state index < -0.39 is 0 Å². The molecule has 0 spiro atoms. The predicted molar refractivity (Wildman–Crippen MR) is 123 cm³/mol. The standard InChI is InChI=1S/C26H34O3S/c1-17(20-13-14-21-22(28)10-7-15-26(20,21)3)8-6-11-23(29-18(2)27)25-16-19-9-4-5-12-24(19)30-25/h4-5,9,12,16-17,20-21,23H,6-8,10-11,13-15H2,1-3H3/t17?,20-,21+,23?,26-/m1/s1. The van der Waals surface area contributed by atoms with Gasteiger partial charge in [0.15, 0.2) is 0 Å². The fraction of sp³-hybridized carbons (Fsp3) is 0.615. The summed E-state index contributed by atoms with van der Waals surface area (Å²) in [5.41, 5.74) is 0.204. The van der Waals surface area contributed by atoms with E-state index in [2.05, 4.69) is 38.1 Å². The number of ether oxygens (including phenoxy) is 1. The van der Waals surface area contributed by atoms with Crippen molar-refractivity contribution in [3.63, 3.8) is 0 Å². The monoisotopic (exact) mass is 426 g/mol. The molecule has 0 amide bonds. The summed E-state index contributed by atoms with van der Waals surface area (Å²) in [7, 11) is 0. The third kappa shape index (κ3) is 4.21. The maximum Gasteiger partial charge on any atom is 0.303 e. The van der Waals surface area contributed by atoms with Crippen molar-refractivity contribution in [2.24, 2.45) is 23.2 Å². The van der Waals surface area contributed by atoms with E-state index in [-0.39, 0.29) is 17.5 Å². The highest BCUT2D eigenvalue weighted by atomic mass is 32.1. The smallest absolute Gasteiger partial charge is 0.303 e. The van der Waals surface area contributed by atoms with Crippen LogP contribution in [-0.4, -0.2) is 11.8 Å². The van der Waals surface area contributed by atoms with Crippen molar-refractivity contribution in [3.8, 4) is 0 Å². The molecule has 0 bridgehead atoms. The van der Waals surface area contributed by atoms with Crippen LogP contribution in [0.25, 0.3) is 10.1 Å². The topological polar surface area (TPSA) is 43.4 Å². The van der Waals surface area contributed by atoms with Gasteiger partial charge in [0.25, 0.3) is 0 Å². The van der Waals surface area contributed by atoms with Crippen molar-refractivity contribution in [3.05, 3.63) is 35.2 Å². The van der Waals surface area contributed by atoms with Gasteiger partial charge in [-0.15, -0.1) is 11.3 Å². The van der Waals surface area contributed by atoms with E-state index in [0.29, 0.717) is 23.5 Å². The summed E-state index contributed by atoms with van der Waals surface area (Å²) in [5, 5.41) is 1.22. The van der Waals surface area contributed by atoms with Crippen LogP contribution in [0.1, 0.15) is 83.1 Å². The second-order valence-corrected chi connectivity index (χ2v) is 10.9. The summed E-state index contributed by atoms with van der Waals surface area (Å²) >= 11 is 1.73. The van der Waals surface area contributed by atoms with E-state index in [0.717, 1.165) is 43.4 Å². The summed E-state index contributed by atoms with van der Waals surface area (Å²) in [6.07, 6.45) is 8.22. The number of esters is 1. The van der Waals surface area contributed by atoms with Gasteiger partial charge in [-0.25, -0.2) is 0 Å². The number of benzene rings is 1. The first-order chi connectivity index (χ1) is 14.4. The van der Waals surface area contributed by atoms with E-state index in [4.69, 9.17) is 4.74 Å². The molecule has 30 heavy (non-hydrogen) atoms. The molecule has 4 heteroatoms. The molecule has 4 rings (SSSR count). The Hall–Kier alpha value is -1.68. The molecular formula is C26H34O3S. The van der Waals surface area contributed by atoms with Gasteiger partial charge in [0.1, 0.15) is 11.9 Å². The molecule has 2 fully saturated rings. The summed E-state index contributed by atoms with van der Waals surface area (Å²) in [6, 6.07) is 10.5. The molecular weight excluding hydrogens is 392 g/mol. The Balaban J connectivity index is 1.39. The molecule has 2 aliphatic carbocycles. The highest BCUT2D eigenvalue weighted by molar-refractivity contribution is 7.19. The summed E-state index contributed by atoms with van der Waals surface area (Å²) in [5.74, 6) is 1.84. The number of carbonyl (C=O) groups is 2. The van der Waals surface area contributed by atoms with Crippen molar-refractivity contribution in [1.29, 1.82) is 0 Å². The van der Waals surface area contributed by atoms with E-state index in [1.807, 2.05) is 6.07 Å². The summed E-state index contributed by atoms with van der Waals surface area (Å²) in [4.78, 5) is 25.3. The van der Waals surface area contributed by atoms with E-state index in [1.54, 1.807) is 11.3 Å². The number of hydrogen-bond acceptors (Lipinski definition) is 4. The van der Waals surface area contributed by atoms with Gasteiger partial charge in [0.2, 0.25) is 0 Å². The van der Waals surface area contributed by atoms with Crippen LogP contribution in [0.3, 0.4) is 0 Å². The average Bonchev–Trinajstić information content (AvgIpc) is 3.28. The highest BCUT2D eigenvalue weighted by Crippen LogP contribution is 2.57. The molecule has 0 saturated heterocycles. The molecule has 0 aliphatic heterocycles. The number of rotatable bonds is 7. The zero-order valence-corrected chi connectivity index (χ0v) is 19.3. The van der Waals surface area contributed by atoms with Gasteiger partial charge in [-0.1, -0.05) is 38.5 Å². The lowest BCUT2D eigenvalue weighted by Crippen LogP contribution is -2.39. The van der Waals surface area contributed by atoms with Crippen molar-refractivity contribution in [2.45, 2.75) is 78.2 Å². The summed E-state index contributed by atoms with van der Waals surface area (Å²) in [6.45, 7) is 6.25. The predicted octanol–water partition coefficient (Wildman–Crippen LogP) is 7.10. The van der Waals surface area contributed by atoms with Gasteiger partial charge < -0.3 is 4.74 Å². The Kier molecular flexibility index (Phi) is 6.34. The maximum absolute atomic E-state index is 12.4. The SMILES string of the molecule is CC(=O)OC(CCCC(C)[C@H]1CC[C@H]2C(=O)CCC[C@]12C)c1cc2ccccc2s1. The number of thiophene rings is 1. The van der Waals surface area contributed by atoms with Crippen molar-refractivity contribution < 1.29 is 14.3 Å². The molecule has 1 heterocycles. The minimum Gasteiger partial charge on any atom is -0.457 e. The van der Waals surface area contributed by atoms with Gasteiger partial charge in [-0.05, 0) is 73.3 Å². The molecule has 5 atom stereocenters. The van der Waals surface area contributed by atoms with Crippen molar-refractivity contribution in [2.75, 3.05) is 0 Å². The fourth-order valence-electron chi connectivity index (χ4n) is 6.35. The molecule has 162 valence electrons. The van der Waals surface area contributed by atoms with Crippen LogP contribution < -0.4 is 0 Å². The highest BCUT2D eigenvalue weighted by Gasteiger charge is 2.52. The Labute approximate surface area is 184 Å². The third-order valence-electron chi connectivity index (χ3n) is 7.82. The normalized spacial score (nSPS) is 28.3. The van der Waals surface area contributed by atoms with Gasteiger partial charge in [0, 0.05) is 28.8 Å². The molecule has 1 aromatic carbocycles. The van der Waals surface area contributed by atoms with Crippen LogP contribution in [0.15, 0.2) is 30.3 Å². The Morgan fingerprint density at radius 1 is 1.27 bits per heavy atom. The second-order valence-electron chi connectivity index (χ2n) is 9.75. The van der Waals surface area contributed by atoms with Crippen LogP contribution in [-0.2, 0) is 14.3 Å². The van der Waals surface area contributed by atoms with Crippen LogP contribution in [0.2, 0.25) is 0 Å². The number of carbonyl (C=O) groups excluding carboxylic acids is 2. The van der Waals surface area contributed by atoms with Gasteiger partial charge >= 0.3 is 5.97 Å². The molecule has 2 unspecified atom stereocenters. The lowest BCUT2D eigenvalue weighted by molar-refractivity contribution is -0.147. The molecule has 2 saturated carbocycles. The molecule has 0 radical (unpaired) electrons. The number of hydrogen-bond donors (Lipinski definition) is 0. The number of fused-ring (bicyclic) bond motifs is 2.